The summed E-state index contributed by atoms with van der Waals surface area (Å²) >= 11 is 1.64. The van der Waals surface area contributed by atoms with Crippen LogP contribution in [0.2, 0.25) is 0 Å². The van der Waals surface area contributed by atoms with E-state index in [2.05, 4.69) is 5.32 Å². The summed E-state index contributed by atoms with van der Waals surface area (Å²) in [5, 5.41) is 5.41. The van der Waals surface area contributed by atoms with Gasteiger partial charge in [0, 0.05) is 30.6 Å². The molecule has 0 aromatic carbocycles. The highest BCUT2D eigenvalue weighted by molar-refractivity contribution is 7.10. The first-order valence-electron chi connectivity index (χ1n) is 5.96. The van der Waals surface area contributed by atoms with Gasteiger partial charge in [-0.25, -0.2) is 0 Å². The van der Waals surface area contributed by atoms with E-state index < -0.39 is 0 Å². The second-order valence-electron chi connectivity index (χ2n) is 4.36. The van der Waals surface area contributed by atoms with Gasteiger partial charge in [-0.2, -0.15) is 0 Å². The molecule has 3 nitrogen and oxygen atoms in total. The Labute approximate surface area is 106 Å². The monoisotopic (exact) mass is 250 g/mol. The zero-order chi connectivity index (χ0) is 12.1. The summed E-state index contributed by atoms with van der Waals surface area (Å²) in [5.74, 6) is 0.0760. The minimum atomic E-state index is 0.0760. The first-order valence-corrected chi connectivity index (χ1v) is 6.84. The average molecular weight is 250 g/mol. The summed E-state index contributed by atoms with van der Waals surface area (Å²) in [6, 6.07) is 4.47. The van der Waals surface area contributed by atoms with Crippen LogP contribution in [-0.4, -0.2) is 37.0 Å². The third kappa shape index (κ3) is 3.68. The van der Waals surface area contributed by atoms with Crippen LogP contribution in [0.4, 0.5) is 0 Å². The Morgan fingerprint density at radius 1 is 1.71 bits per heavy atom. The Morgan fingerprint density at radius 2 is 2.59 bits per heavy atom. The molecule has 1 aliphatic heterocycles. The highest BCUT2D eigenvalue weighted by Crippen LogP contribution is 2.11. The smallest absolute Gasteiger partial charge is 0.246 e. The number of hydrogen-bond acceptors (Lipinski definition) is 3. The van der Waals surface area contributed by atoms with Crippen molar-refractivity contribution in [2.24, 2.45) is 0 Å². The Balaban J connectivity index is 1.82. The Bertz CT molecular complexity index is 380. The number of carbonyl (C=O) groups is 1. The van der Waals surface area contributed by atoms with Crippen molar-refractivity contribution >= 4 is 23.3 Å². The van der Waals surface area contributed by atoms with Crippen LogP contribution in [0.15, 0.2) is 23.6 Å². The van der Waals surface area contributed by atoms with E-state index in [-0.39, 0.29) is 5.91 Å². The molecule has 92 valence electrons. The Kier molecular flexibility index (Phi) is 4.34. The van der Waals surface area contributed by atoms with E-state index in [4.69, 9.17) is 0 Å². The molecule has 4 heteroatoms. The van der Waals surface area contributed by atoms with Gasteiger partial charge in [0.2, 0.25) is 5.91 Å². The fourth-order valence-corrected chi connectivity index (χ4v) is 2.62. The molecule has 1 unspecified atom stereocenters. The number of nitrogens with zero attached hydrogens (tertiary/aromatic N) is 1. The first-order chi connectivity index (χ1) is 8.25. The van der Waals surface area contributed by atoms with E-state index in [1.165, 1.54) is 12.8 Å². The van der Waals surface area contributed by atoms with Gasteiger partial charge in [-0.3, -0.25) is 4.79 Å². The summed E-state index contributed by atoms with van der Waals surface area (Å²) in [7, 11) is 1.86. The molecule has 1 amide bonds. The van der Waals surface area contributed by atoms with Gasteiger partial charge >= 0.3 is 0 Å². The molecule has 0 radical (unpaired) electrons. The van der Waals surface area contributed by atoms with Gasteiger partial charge in [0.25, 0.3) is 0 Å². The van der Waals surface area contributed by atoms with E-state index >= 15 is 0 Å². The SMILES string of the molecule is CN(CC1CCCN1)C(=O)/C=C/c1cccs1. The number of amides is 1. The van der Waals surface area contributed by atoms with E-state index in [1.807, 2.05) is 30.6 Å². The van der Waals surface area contributed by atoms with Crippen molar-refractivity contribution in [1.82, 2.24) is 10.2 Å². The van der Waals surface area contributed by atoms with Gasteiger partial charge in [0.15, 0.2) is 0 Å². The topological polar surface area (TPSA) is 32.3 Å². The fraction of sp³-hybridized carbons (Fsp3) is 0.462. The number of thiophene rings is 1. The molecule has 1 aromatic rings. The summed E-state index contributed by atoms with van der Waals surface area (Å²) in [4.78, 5) is 14.7. The predicted molar refractivity (Wildman–Crippen MR) is 72.0 cm³/mol. The van der Waals surface area contributed by atoms with Gasteiger partial charge in [-0.1, -0.05) is 6.07 Å². The number of rotatable bonds is 4. The van der Waals surface area contributed by atoms with Crippen molar-refractivity contribution in [1.29, 1.82) is 0 Å². The highest BCUT2D eigenvalue weighted by Gasteiger charge is 2.17. The number of hydrogen-bond donors (Lipinski definition) is 1. The lowest BCUT2D eigenvalue weighted by molar-refractivity contribution is -0.125. The van der Waals surface area contributed by atoms with Crippen LogP contribution in [-0.2, 0) is 4.79 Å². The van der Waals surface area contributed by atoms with Crippen molar-refractivity contribution in [2.75, 3.05) is 20.1 Å². The highest BCUT2D eigenvalue weighted by atomic mass is 32.1. The number of nitrogens with one attached hydrogen (secondary N) is 1. The van der Waals surface area contributed by atoms with Crippen molar-refractivity contribution < 1.29 is 4.79 Å². The summed E-state index contributed by atoms with van der Waals surface area (Å²) in [6.07, 6.45) is 5.93. The van der Waals surface area contributed by atoms with Crippen LogP contribution >= 0.6 is 11.3 Å². The van der Waals surface area contributed by atoms with Gasteiger partial charge in [-0.15, -0.1) is 11.3 Å². The Morgan fingerprint density at radius 3 is 3.24 bits per heavy atom. The van der Waals surface area contributed by atoms with Crippen LogP contribution in [0.3, 0.4) is 0 Å². The maximum atomic E-state index is 11.8. The normalized spacial score (nSPS) is 19.9. The molecule has 1 N–H and O–H groups in total. The molecule has 1 fully saturated rings. The largest absolute Gasteiger partial charge is 0.341 e. The summed E-state index contributed by atoms with van der Waals surface area (Å²) in [5.41, 5.74) is 0. The molecule has 1 aromatic heterocycles. The molecule has 1 saturated heterocycles. The number of carbonyl (C=O) groups excluding carboxylic acids is 1. The molecule has 17 heavy (non-hydrogen) atoms. The van der Waals surface area contributed by atoms with Gasteiger partial charge in [0.05, 0.1) is 0 Å². The van der Waals surface area contributed by atoms with E-state index in [9.17, 15) is 4.79 Å². The first kappa shape index (κ1) is 12.3. The zero-order valence-corrected chi connectivity index (χ0v) is 10.9. The van der Waals surface area contributed by atoms with E-state index in [1.54, 1.807) is 22.3 Å². The molecule has 1 aliphatic rings. The van der Waals surface area contributed by atoms with Gasteiger partial charge in [0.1, 0.15) is 0 Å². The van der Waals surface area contributed by atoms with Crippen molar-refractivity contribution in [3.8, 4) is 0 Å². The molecule has 2 heterocycles. The van der Waals surface area contributed by atoms with Crippen molar-refractivity contribution in [3.05, 3.63) is 28.5 Å². The quantitative estimate of drug-likeness (QED) is 0.829. The second-order valence-corrected chi connectivity index (χ2v) is 5.34. The molecule has 0 spiro atoms. The minimum Gasteiger partial charge on any atom is -0.341 e. The minimum absolute atomic E-state index is 0.0760. The average Bonchev–Trinajstić information content (AvgIpc) is 2.98. The molecular formula is C13H18N2OS. The zero-order valence-electron chi connectivity index (χ0n) is 10.1. The van der Waals surface area contributed by atoms with Crippen LogP contribution in [0.5, 0.6) is 0 Å². The van der Waals surface area contributed by atoms with Crippen molar-refractivity contribution in [3.63, 3.8) is 0 Å². The molecule has 2 rings (SSSR count). The lowest BCUT2D eigenvalue weighted by Gasteiger charge is -2.19. The molecular weight excluding hydrogens is 232 g/mol. The van der Waals surface area contributed by atoms with E-state index in [0.717, 1.165) is 18.0 Å². The molecule has 0 bridgehead atoms. The second kappa shape index (κ2) is 5.98. The van der Waals surface area contributed by atoms with Crippen LogP contribution < -0.4 is 5.32 Å². The third-order valence-electron chi connectivity index (χ3n) is 2.97. The van der Waals surface area contributed by atoms with Crippen LogP contribution in [0.25, 0.3) is 6.08 Å². The van der Waals surface area contributed by atoms with Gasteiger partial charge < -0.3 is 10.2 Å². The Hall–Kier alpha value is -1.13. The maximum absolute atomic E-state index is 11.8. The summed E-state index contributed by atoms with van der Waals surface area (Å²) in [6.45, 7) is 1.88. The standard InChI is InChI=1S/C13H18N2OS/c1-15(10-11-4-2-8-14-11)13(16)7-6-12-5-3-9-17-12/h3,5-7,9,11,14H,2,4,8,10H2,1H3/b7-6+. The van der Waals surface area contributed by atoms with Crippen LogP contribution in [0, 0.1) is 0 Å². The van der Waals surface area contributed by atoms with Gasteiger partial charge in [-0.05, 0) is 36.9 Å². The third-order valence-corrected chi connectivity index (χ3v) is 3.80. The fourth-order valence-electron chi connectivity index (χ4n) is 2.00. The van der Waals surface area contributed by atoms with Crippen molar-refractivity contribution in [2.45, 2.75) is 18.9 Å². The molecule has 0 saturated carbocycles. The lowest BCUT2D eigenvalue weighted by atomic mass is 10.2. The van der Waals surface area contributed by atoms with E-state index in [0.29, 0.717) is 6.04 Å². The lowest BCUT2D eigenvalue weighted by Crippen LogP contribution is -2.37. The number of likely N-dealkylation sites (N-methyl/N-ethyl adjacent to an activating group) is 1. The van der Waals surface area contributed by atoms with Crippen LogP contribution in [0.1, 0.15) is 17.7 Å². The summed E-state index contributed by atoms with van der Waals surface area (Å²) < 4.78 is 0. The molecule has 0 aliphatic carbocycles. The molecule has 1 atom stereocenters. The maximum Gasteiger partial charge on any atom is 0.246 e. The predicted octanol–water partition coefficient (Wildman–Crippen LogP) is 1.97.